The third-order valence-electron chi connectivity index (χ3n) is 4.77. The van der Waals surface area contributed by atoms with E-state index in [4.69, 9.17) is 16.3 Å². The molecule has 0 radical (unpaired) electrons. The molecule has 1 aliphatic carbocycles. The van der Waals surface area contributed by atoms with E-state index in [1.54, 1.807) is 23.1 Å². The summed E-state index contributed by atoms with van der Waals surface area (Å²) >= 11 is 6.09. The SMILES string of the molecule is CCOc1ccc(S(=O)(=O)NCCC(=O)N(Cc2c(F)cccc2Cl)C2CC2)cc1. The monoisotopic (exact) mass is 454 g/mol. The van der Waals surface area contributed by atoms with Gasteiger partial charge in [0.1, 0.15) is 11.6 Å². The Morgan fingerprint density at radius 3 is 2.53 bits per heavy atom. The molecule has 3 rings (SSSR count). The van der Waals surface area contributed by atoms with Gasteiger partial charge in [-0.25, -0.2) is 17.5 Å². The first-order chi connectivity index (χ1) is 14.3. The number of hydrogen-bond donors (Lipinski definition) is 1. The molecule has 6 nitrogen and oxygen atoms in total. The van der Waals surface area contributed by atoms with Gasteiger partial charge < -0.3 is 9.64 Å². The zero-order valence-corrected chi connectivity index (χ0v) is 18.2. The maximum atomic E-state index is 14.1. The van der Waals surface area contributed by atoms with E-state index in [1.807, 2.05) is 6.92 Å². The average molecular weight is 455 g/mol. The van der Waals surface area contributed by atoms with Crippen LogP contribution in [0.4, 0.5) is 4.39 Å². The number of nitrogens with one attached hydrogen (secondary N) is 1. The highest BCUT2D eigenvalue weighted by Crippen LogP contribution is 2.31. The number of carbonyl (C=O) groups excluding carboxylic acids is 1. The van der Waals surface area contributed by atoms with Crippen LogP contribution < -0.4 is 9.46 Å². The van der Waals surface area contributed by atoms with Crippen molar-refractivity contribution >= 4 is 27.5 Å². The number of amides is 1. The number of ether oxygens (including phenoxy) is 1. The van der Waals surface area contributed by atoms with Crippen LogP contribution in [0.1, 0.15) is 31.7 Å². The van der Waals surface area contributed by atoms with Crippen molar-refractivity contribution in [1.29, 1.82) is 0 Å². The summed E-state index contributed by atoms with van der Waals surface area (Å²) in [7, 11) is -3.75. The Hall–Kier alpha value is -2.16. The number of sulfonamides is 1. The standard InChI is InChI=1S/C21H24ClFN2O4S/c1-2-29-16-8-10-17(11-9-16)30(27,28)24-13-12-21(26)25(15-6-7-15)14-18-19(22)4-3-5-20(18)23/h3-5,8-11,15,24H,2,6-7,12-14H2,1H3. The van der Waals surface area contributed by atoms with Crippen molar-refractivity contribution in [1.82, 2.24) is 9.62 Å². The third kappa shape index (κ3) is 5.71. The highest BCUT2D eigenvalue weighted by Gasteiger charge is 2.33. The number of benzene rings is 2. The van der Waals surface area contributed by atoms with Crippen LogP contribution in [-0.2, 0) is 21.4 Å². The highest BCUT2D eigenvalue weighted by atomic mass is 35.5. The minimum absolute atomic E-state index is 0.0289. The molecule has 1 aliphatic rings. The fourth-order valence-electron chi connectivity index (χ4n) is 3.06. The van der Waals surface area contributed by atoms with E-state index in [1.165, 1.54) is 24.3 Å². The zero-order valence-electron chi connectivity index (χ0n) is 16.6. The van der Waals surface area contributed by atoms with Gasteiger partial charge in [-0.1, -0.05) is 17.7 Å². The van der Waals surface area contributed by atoms with Crippen LogP contribution >= 0.6 is 11.6 Å². The van der Waals surface area contributed by atoms with Crippen molar-refractivity contribution in [2.75, 3.05) is 13.2 Å². The van der Waals surface area contributed by atoms with Crippen molar-refractivity contribution in [3.63, 3.8) is 0 Å². The summed E-state index contributed by atoms with van der Waals surface area (Å²) in [6, 6.07) is 10.5. The Kier molecular flexibility index (Phi) is 7.33. The lowest BCUT2D eigenvalue weighted by Gasteiger charge is -2.23. The quantitative estimate of drug-likeness (QED) is 0.593. The maximum Gasteiger partial charge on any atom is 0.240 e. The summed E-state index contributed by atoms with van der Waals surface area (Å²) in [5.41, 5.74) is 0.273. The lowest BCUT2D eigenvalue weighted by molar-refractivity contribution is -0.132. The van der Waals surface area contributed by atoms with Crippen LogP contribution in [0, 0.1) is 5.82 Å². The molecule has 1 saturated carbocycles. The molecule has 0 bridgehead atoms. The number of halogens is 2. The van der Waals surface area contributed by atoms with E-state index >= 15 is 0 Å². The van der Waals surface area contributed by atoms with E-state index < -0.39 is 15.8 Å². The first-order valence-electron chi connectivity index (χ1n) is 9.76. The highest BCUT2D eigenvalue weighted by molar-refractivity contribution is 7.89. The van der Waals surface area contributed by atoms with Crippen LogP contribution in [-0.4, -0.2) is 38.4 Å². The van der Waals surface area contributed by atoms with Crippen molar-refractivity contribution in [3.05, 3.63) is 58.9 Å². The molecule has 0 atom stereocenters. The molecule has 0 aromatic heterocycles. The van der Waals surface area contributed by atoms with Crippen molar-refractivity contribution in [2.45, 2.75) is 43.7 Å². The van der Waals surface area contributed by atoms with Crippen LogP contribution in [0.25, 0.3) is 0 Å². The molecule has 1 amide bonds. The number of carbonyl (C=O) groups is 1. The Bertz CT molecular complexity index is 974. The molecule has 0 saturated heterocycles. The molecule has 1 fully saturated rings. The van der Waals surface area contributed by atoms with Crippen LogP contribution in [0.5, 0.6) is 5.75 Å². The molecular formula is C21H24ClFN2O4S. The maximum absolute atomic E-state index is 14.1. The smallest absolute Gasteiger partial charge is 0.240 e. The molecule has 9 heteroatoms. The summed E-state index contributed by atoms with van der Waals surface area (Å²) in [5, 5.41) is 0.268. The van der Waals surface area contributed by atoms with Crippen molar-refractivity contribution in [3.8, 4) is 5.75 Å². The fourth-order valence-corrected chi connectivity index (χ4v) is 4.32. The Morgan fingerprint density at radius 1 is 1.23 bits per heavy atom. The summed E-state index contributed by atoms with van der Waals surface area (Å²) in [6.45, 7) is 2.35. The first-order valence-corrected chi connectivity index (χ1v) is 11.6. The summed E-state index contributed by atoms with van der Waals surface area (Å²) in [6.07, 6.45) is 1.66. The Labute approximate surface area is 181 Å². The molecule has 1 N–H and O–H groups in total. The fraction of sp³-hybridized carbons (Fsp3) is 0.381. The van der Waals surface area contributed by atoms with Crippen molar-refractivity contribution in [2.24, 2.45) is 0 Å². The molecule has 0 spiro atoms. The molecule has 0 heterocycles. The van der Waals surface area contributed by atoms with E-state index in [9.17, 15) is 17.6 Å². The molecular weight excluding hydrogens is 431 g/mol. The van der Waals surface area contributed by atoms with Crippen LogP contribution in [0.15, 0.2) is 47.4 Å². The van der Waals surface area contributed by atoms with Gasteiger partial charge in [0.05, 0.1) is 18.0 Å². The Balaban J connectivity index is 1.59. The molecule has 2 aromatic carbocycles. The number of rotatable bonds is 10. The van der Waals surface area contributed by atoms with Gasteiger partial charge in [0.25, 0.3) is 0 Å². The summed E-state index contributed by atoms with van der Waals surface area (Å²) < 4.78 is 46.7. The lowest BCUT2D eigenvalue weighted by atomic mass is 10.2. The third-order valence-corrected chi connectivity index (χ3v) is 6.61. The Morgan fingerprint density at radius 2 is 1.93 bits per heavy atom. The van der Waals surface area contributed by atoms with E-state index in [0.717, 1.165) is 12.8 Å². The summed E-state index contributed by atoms with van der Waals surface area (Å²) in [4.78, 5) is 14.4. The lowest BCUT2D eigenvalue weighted by Crippen LogP contribution is -2.36. The van der Waals surface area contributed by atoms with Gasteiger partial charge in [0, 0.05) is 29.6 Å². The zero-order chi connectivity index (χ0) is 21.7. The van der Waals surface area contributed by atoms with E-state index in [2.05, 4.69) is 4.72 Å². The second-order valence-electron chi connectivity index (χ2n) is 7.01. The minimum atomic E-state index is -3.75. The van der Waals surface area contributed by atoms with Crippen LogP contribution in [0.2, 0.25) is 5.02 Å². The molecule has 30 heavy (non-hydrogen) atoms. The second-order valence-corrected chi connectivity index (χ2v) is 9.18. The predicted molar refractivity (Wildman–Crippen MR) is 112 cm³/mol. The van der Waals surface area contributed by atoms with Gasteiger partial charge in [-0.05, 0) is 56.2 Å². The van der Waals surface area contributed by atoms with Gasteiger partial charge in [-0.15, -0.1) is 0 Å². The van der Waals surface area contributed by atoms with Gasteiger partial charge in [0.2, 0.25) is 15.9 Å². The second kappa shape index (κ2) is 9.76. The van der Waals surface area contributed by atoms with E-state index in [-0.39, 0.29) is 46.9 Å². The van der Waals surface area contributed by atoms with Gasteiger partial charge in [0.15, 0.2) is 0 Å². The number of nitrogens with zero attached hydrogens (tertiary/aromatic N) is 1. The topological polar surface area (TPSA) is 75.7 Å². The summed E-state index contributed by atoms with van der Waals surface area (Å²) in [5.74, 6) is -0.123. The molecule has 162 valence electrons. The van der Waals surface area contributed by atoms with Gasteiger partial charge in [-0.2, -0.15) is 0 Å². The molecule has 0 aliphatic heterocycles. The normalized spacial score (nSPS) is 13.8. The number of hydrogen-bond acceptors (Lipinski definition) is 4. The van der Waals surface area contributed by atoms with Crippen molar-refractivity contribution < 1.29 is 22.3 Å². The minimum Gasteiger partial charge on any atom is -0.494 e. The molecule has 0 unspecified atom stereocenters. The van der Waals surface area contributed by atoms with Gasteiger partial charge in [-0.3, -0.25) is 4.79 Å². The largest absolute Gasteiger partial charge is 0.494 e. The molecule has 2 aromatic rings. The van der Waals surface area contributed by atoms with Crippen LogP contribution in [0.3, 0.4) is 0 Å². The van der Waals surface area contributed by atoms with Gasteiger partial charge >= 0.3 is 0 Å². The average Bonchev–Trinajstić information content (AvgIpc) is 3.53. The van der Waals surface area contributed by atoms with E-state index in [0.29, 0.717) is 12.4 Å². The first kappa shape index (κ1) is 22.5. The predicted octanol–water partition coefficient (Wildman–Crippen LogP) is 3.74.